The molecule has 1 heterocycles. The van der Waals surface area contributed by atoms with Crippen molar-refractivity contribution in [2.24, 2.45) is 5.73 Å². The molecule has 1 aliphatic rings. The fourth-order valence-electron chi connectivity index (χ4n) is 2.29. The highest BCUT2D eigenvalue weighted by atomic mass is 79.9. The first kappa shape index (κ1) is 18.3. The summed E-state index contributed by atoms with van der Waals surface area (Å²) < 4.78 is 26.6. The van der Waals surface area contributed by atoms with E-state index in [0.717, 1.165) is 12.8 Å². The lowest BCUT2D eigenvalue weighted by atomic mass is 10.2. The van der Waals surface area contributed by atoms with Gasteiger partial charge in [0.2, 0.25) is 10.0 Å². The summed E-state index contributed by atoms with van der Waals surface area (Å²) in [4.78, 5) is 10.2. The largest absolute Gasteiger partial charge is 0.329 e. The zero-order valence-electron chi connectivity index (χ0n) is 10.9. The van der Waals surface area contributed by atoms with E-state index in [4.69, 9.17) is 5.73 Å². The van der Waals surface area contributed by atoms with Crippen molar-refractivity contribution in [1.29, 1.82) is 0 Å². The molecule has 0 amide bonds. The topological polar surface area (TPSA) is 107 Å². The number of rotatable bonds is 4. The molecule has 21 heavy (non-hydrogen) atoms. The predicted octanol–water partition coefficient (Wildman–Crippen LogP) is 1.89. The Morgan fingerprint density at radius 2 is 2.14 bits per heavy atom. The van der Waals surface area contributed by atoms with Crippen LogP contribution in [0, 0.1) is 10.1 Å². The highest BCUT2D eigenvalue weighted by Crippen LogP contribution is 2.31. The summed E-state index contributed by atoms with van der Waals surface area (Å²) in [5, 5.41) is 10.7. The van der Waals surface area contributed by atoms with Crippen LogP contribution in [0.4, 0.5) is 5.69 Å². The Labute approximate surface area is 137 Å². The van der Waals surface area contributed by atoms with Crippen molar-refractivity contribution in [2.75, 3.05) is 13.1 Å². The Morgan fingerprint density at radius 1 is 1.48 bits per heavy atom. The molecule has 1 aromatic rings. The molecular weight excluding hydrogens is 386 g/mol. The number of nitro groups is 1. The van der Waals surface area contributed by atoms with Crippen molar-refractivity contribution in [3.05, 3.63) is 32.8 Å². The van der Waals surface area contributed by atoms with Crippen LogP contribution in [0.15, 0.2) is 27.6 Å². The zero-order valence-corrected chi connectivity index (χ0v) is 14.2. The summed E-state index contributed by atoms with van der Waals surface area (Å²) in [5.41, 5.74) is 5.42. The van der Waals surface area contributed by atoms with E-state index in [1.54, 1.807) is 0 Å². The van der Waals surface area contributed by atoms with Crippen molar-refractivity contribution in [2.45, 2.75) is 23.8 Å². The molecule has 7 nitrogen and oxygen atoms in total. The number of hydrogen-bond acceptors (Lipinski definition) is 5. The Balaban J connectivity index is 0.00000220. The average molecular weight is 401 g/mol. The van der Waals surface area contributed by atoms with Crippen molar-refractivity contribution in [3.63, 3.8) is 0 Å². The molecule has 0 bridgehead atoms. The number of nitrogens with two attached hydrogens (primary N) is 1. The highest BCUT2D eigenvalue weighted by molar-refractivity contribution is 9.10. The summed E-state index contributed by atoms with van der Waals surface area (Å²) in [6, 6.07) is 3.50. The van der Waals surface area contributed by atoms with Crippen LogP contribution in [0.5, 0.6) is 0 Å². The summed E-state index contributed by atoms with van der Waals surface area (Å²) in [6.07, 6.45) is 1.51. The molecule has 0 aromatic heterocycles. The van der Waals surface area contributed by atoms with E-state index in [9.17, 15) is 18.5 Å². The van der Waals surface area contributed by atoms with Gasteiger partial charge in [-0.3, -0.25) is 10.1 Å². The minimum Gasteiger partial charge on any atom is -0.329 e. The SMILES string of the molecule is Cl.NCC1CCCN1S(=O)(=O)c1ccc([N+](=O)[O-])c(Br)c1. The van der Waals surface area contributed by atoms with Gasteiger partial charge in [-0.15, -0.1) is 12.4 Å². The second-order valence-electron chi connectivity index (χ2n) is 4.52. The van der Waals surface area contributed by atoms with Gasteiger partial charge in [0.05, 0.1) is 14.3 Å². The minimum atomic E-state index is -3.66. The fourth-order valence-corrected chi connectivity index (χ4v) is 4.70. The van der Waals surface area contributed by atoms with Crippen molar-refractivity contribution >= 4 is 44.0 Å². The number of nitrogens with zero attached hydrogens (tertiary/aromatic N) is 2. The first-order chi connectivity index (χ1) is 9.37. The quantitative estimate of drug-likeness (QED) is 0.613. The van der Waals surface area contributed by atoms with E-state index in [-0.39, 0.29) is 40.0 Å². The molecule has 0 spiro atoms. The molecule has 0 saturated carbocycles. The molecule has 1 unspecified atom stereocenters. The van der Waals surface area contributed by atoms with Crippen LogP contribution >= 0.6 is 28.3 Å². The van der Waals surface area contributed by atoms with Crippen LogP contribution in [0.1, 0.15) is 12.8 Å². The van der Waals surface area contributed by atoms with E-state index in [2.05, 4.69) is 15.9 Å². The smallest absolute Gasteiger partial charge is 0.283 e. The van der Waals surface area contributed by atoms with Gasteiger partial charge in [0.25, 0.3) is 5.69 Å². The molecule has 0 aliphatic carbocycles. The van der Waals surface area contributed by atoms with E-state index in [1.807, 2.05) is 0 Å². The maximum atomic E-state index is 12.5. The molecule has 1 saturated heterocycles. The Hall–Kier alpha value is -0.740. The summed E-state index contributed by atoms with van der Waals surface area (Å²) in [6.45, 7) is 0.701. The molecule has 0 radical (unpaired) electrons. The summed E-state index contributed by atoms with van der Waals surface area (Å²) in [5.74, 6) is 0. The van der Waals surface area contributed by atoms with E-state index < -0.39 is 14.9 Å². The van der Waals surface area contributed by atoms with Crippen LogP contribution in [0.25, 0.3) is 0 Å². The molecule has 2 N–H and O–H groups in total. The van der Waals surface area contributed by atoms with Crippen LogP contribution in [-0.2, 0) is 10.0 Å². The highest BCUT2D eigenvalue weighted by Gasteiger charge is 2.35. The van der Waals surface area contributed by atoms with Crippen molar-refractivity contribution in [1.82, 2.24) is 4.31 Å². The number of nitro benzene ring substituents is 1. The first-order valence-corrected chi connectivity index (χ1v) is 8.27. The lowest BCUT2D eigenvalue weighted by molar-refractivity contribution is -0.385. The van der Waals surface area contributed by atoms with Crippen molar-refractivity contribution in [3.8, 4) is 0 Å². The Bertz CT molecular complexity index is 640. The average Bonchev–Trinajstić information content (AvgIpc) is 2.87. The lowest BCUT2D eigenvalue weighted by Crippen LogP contribution is -2.39. The minimum absolute atomic E-state index is 0. The third-order valence-corrected chi connectivity index (χ3v) is 5.90. The molecule has 118 valence electrons. The number of sulfonamides is 1. The van der Waals surface area contributed by atoms with Gasteiger partial charge in [-0.1, -0.05) is 0 Å². The molecule has 10 heteroatoms. The van der Waals surface area contributed by atoms with Gasteiger partial charge >= 0.3 is 0 Å². The maximum Gasteiger partial charge on any atom is 0.283 e. The molecule has 1 atom stereocenters. The van der Waals surface area contributed by atoms with E-state index >= 15 is 0 Å². The molecular formula is C11H15BrClN3O4S. The van der Waals surface area contributed by atoms with E-state index in [0.29, 0.717) is 6.54 Å². The molecule has 2 rings (SSSR count). The number of halogens is 2. The van der Waals surface area contributed by atoms with Gasteiger partial charge in [-0.25, -0.2) is 8.42 Å². The normalized spacial score (nSPS) is 19.2. The van der Waals surface area contributed by atoms with Crippen LogP contribution < -0.4 is 5.73 Å². The summed E-state index contributed by atoms with van der Waals surface area (Å²) in [7, 11) is -3.66. The van der Waals surface area contributed by atoms with Crippen LogP contribution in [-0.4, -0.2) is 36.8 Å². The zero-order chi connectivity index (χ0) is 14.9. The van der Waals surface area contributed by atoms with Gasteiger partial charge in [0.1, 0.15) is 0 Å². The molecule has 1 aromatic carbocycles. The number of benzene rings is 1. The van der Waals surface area contributed by atoms with Gasteiger partial charge < -0.3 is 5.73 Å². The van der Waals surface area contributed by atoms with Gasteiger partial charge in [-0.05, 0) is 40.9 Å². The van der Waals surface area contributed by atoms with Crippen molar-refractivity contribution < 1.29 is 13.3 Å². The first-order valence-electron chi connectivity index (χ1n) is 6.03. The maximum absolute atomic E-state index is 12.5. The fraction of sp³-hybridized carbons (Fsp3) is 0.455. The Kier molecular flexibility index (Phi) is 6.11. The summed E-state index contributed by atoms with van der Waals surface area (Å²) >= 11 is 3.03. The van der Waals surface area contributed by atoms with Gasteiger partial charge in [0.15, 0.2) is 0 Å². The second kappa shape index (κ2) is 7.01. The molecule has 1 aliphatic heterocycles. The van der Waals surface area contributed by atoms with Gasteiger partial charge in [-0.2, -0.15) is 4.31 Å². The third-order valence-electron chi connectivity index (χ3n) is 3.32. The monoisotopic (exact) mass is 399 g/mol. The second-order valence-corrected chi connectivity index (χ2v) is 7.26. The third kappa shape index (κ3) is 3.54. The molecule has 1 fully saturated rings. The van der Waals surface area contributed by atoms with E-state index in [1.165, 1.54) is 22.5 Å². The van der Waals surface area contributed by atoms with Gasteiger partial charge in [0, 0.05) is 25.2 Å². The van der Waals surface area contributed by atoms with Crippen LogP contribution in [0.3, 0.4) is 0 Å². The predicted molar refractivity (Wildman–Crippen MR) is 84.0 cm³/mol. The standard InChI is InChI=1S/C11H14BrN3O4S.ClH/c12-10-6-9(3-4-11(10)15(16)17)20(18,19)14-5-1-2-8(14)7-13;/h3-4,6,8H,1-2,5,7,13H2;1H. The number of hydrogen-bond donors (Lipinski definition) is 1. The lowest BCUT2D eigenvalue weighted by Gasteiger charge is -2.22. The van der Waals surface area contributed by atoms with Crippen LogP contribution in [0.2, 0.25) is 0 Å². The Morgan fingerprint density at radius 3 is 2.67 bits per heavy atom.